The van der Waals surface area contributed by atoms with Gasteiger partial charge in [0.15, 0.2) is 0 Å². The fraction of sp³-hybridized carbons (Fsp3) is 1.00. The van der Waals surface area contributed by atoms with Gasteiger partial charge in [-0.1, -0.05) is 27.2 Å². The average molecular weight is 142 g/mol. The molecule has 0 aromatic heterocycles. The van der Waals surface area contributed by atoms with Gasteiger partial charge < -0.3 is 0 Å². The van der Waals surface area contributed by atoms with Gasteiger partial charge in [-0.2, -0.15) is 0 Å². The first-order valence-electron chi connectivity index (χ1n) is 4.35. The summed E-state index contributed by atoms with van der Waals surface area (Å²) in [6.45, 7) is 7.37. The minimum absolute atomic E-state index is 0.595. The van der Waals surface area contributed by atoms with Crippen molar-refractivity contribution in [3.05, 3.63) is 0 Å². The van der Waals surface area contributed by atoms with Gasteiger partial charge in [-0.15, -0.1) is 0 Å². The molecule has 0 saturated heterocycles. The summed E-state index contributed by atoms with van der Waals surface area (Å²) in [7, 11) is 0. The first-order valence-corrected chi connectivity index (χ1v) is 4.35. The Bertz CT molecular complexity index is 71.1. The van der Waals surface area contributed by atoms with E-state index in [4.69, 9.17) is 5.73 Å². The van der Waals surface area contributed by atoms with Crippen molar-refractivity contribution < 1.29 is 0 Å². The molecule has 0 aromatic rings. The lowest BCUT2D eigenvalue weighted by Gasteiger charge is -2.13. The van der Waals surface area contributed by atoms with Gasteiger partial charge in [-0.25, -0.2) is 0 Å². The predicted octanol–water partition coefficient (Wildman–Crippen LogP) is 2.73. The molecule has 0 spiro atoms. The lowest BCUT2D eigenvalue weighted by Crippen LogP contribution is -2.04. The van der Waals surface area contributed by atoms with Gasteiger partial charge in [0.1, 0.15) is 0 Å². The second-order valence-corrected chi connectivity index (χ2v) is 3.39. The minimum Gasteiger partial charge on any atom is -0.258 e. The molecule has 0 heterocycles. The molecule has 0 aliphatic rings. The van der Waals surface area contributed by atoms with Crippen molar-refractivity contribution in [3.8, 4) is 0 Å². The van der Waals surface area contributed by atoms with Crippen LogP contribution in [0.3, 0.4) is 0 Å². The standard InChI is InChI=1S/C9H20N/c1-4-8(2)7-9(3)5-6-10/h8-10H,4-7H2,1-3H3. The van der Waals surface area contributed by atoms with Gasteiger partial charge in [-0.3, -0.25) is 5.73 Å². The van der Waals surface area contributed by atoms with E-state index in [1.54, 1.807) is 0 Å². The Labute approximate surface area is 65.0 Å². The van der Waals surface area contributed by atoms with Crippen molar-refractivity contribution in [1.82, 2.24) is 5.73 Å². The second kappa shape index (κ2) is 5.72. The van der Waals surface area contributed by atoms with E-state index in [0.29, 0.717) is 6.54 Å². The molecule has 61 valence electrons. The molecule has 0 rings (SSSR count). The topological polar surface area (TPSA) is 23.8 Å². The molecule has 1 heteroatoms. The maximum atomic E-state index is 7.03. The highest BCUT2D eigenvalue weighted by atomic mass is 14.5. The number of hydrogen-bond acceptors (Lipinski definition) is 0. The van der Waals surface area contributed by atoms with Crippen LogP contribution in [0.5, 0.6) is 0 Å². The fourth-order valence-corrected chi connectivity index (χ4v) is 1.22. The van der Waals surface area contributed by atoms with Crippen LogP contribution in [0.15, 0.2) is 0 Å². The van der Waals surface area contributed by atoms with E-state index in [0.717, 1.165) is 18.3 Å². The quantitative estimate of drug-likeness (QED) is 0.563. The van der Waals surface area contributed by atoms with Crippen molar-refractivity contribution in [2.45, 2.75) is 40.0 Å². The molecule has 2 atom stereocenters. The molecule has 0 bridgehead atoms. The molecule has 0 aliphatic heterocycles. The molecule has 0 aromatic carbocycles. The Balaban J connectivity index is 3.27. The van der Waals surface area contributed by atoms with Gasteiger partial charge in [-0.05, 0) is 24.7 Å². The molecular formula is C9H20N. The molecule has 1 nitrogen and oxygen atoms in total. The highest BCUT2D eigenvalue weighted by Gasteiger charge is 2.05. The van der Waals surface area contributed by atoms with Crippen molar-refractivity contribution in [2.75, 3.05) is 6.54 Å². The molecule has 0 fully saturated rings. The van der Waals surface area contributed by atoms with Gasteiger partial charge >= 0.3 is 0 Å². The largest absolute Gasteiger partial charge is 0.258 e. The normalized spacial score (nSPS) is 16.8. The highest BCUT2D eigenvalue weighted by molar-refractivity contribution is 4.58. The van der Waals surface area contributed by atoms with E-state index < -0.39 is 0 Å². The molecule has 0 amide bonds. The van der Waals surface area contributed by atoms with Crippen LogP contribution in [0.25, 0.3) is 0 Å². The van der Waals surface area contributed by atoms with Crippen LogP contribution in [0, 0.1) is 11.8 Å². The molecule has 1 N–H and O–H groups in total. The zero-order valence-corrected chi connectivity index (χ0v) is 7.48. The maximum absolute atomic E-state index is 7.03. The smallest absolute Gasteiger partial charge is 0.0102 e. The predicted molar refractivity (Wildman–Crippen MR) is 45.8 cm³/mol. The van der Waals surface area contributed by atoms with Crippen molar-refractivity contribution >= 4 is 0 Å². The Hall–Kier alpha value is -0.0400. The van der Waals surface area contributed by atoms with Crippen LogP contribution in [-0.4, -0.2) is 6.54 Å². The summed E-state index contributed by atoms with van der Waals surface area (Å²) >= 11 is 0. The summed E-state index contributed by atoms with van der Waals surface area (Å²) in [5.41, 5.74) is 7.03. The van der Waals surface area contributed by atoms with Crippen molar-refractivity contribution in [3.63, 3.8) is 0 Å². The zero-order chi connectivity index (χ0) is 7.98. The number of hydrogen-bond donors (Lipinski definition) is 0. The molecule has 1 radical (unpaired) electrons. The minimum atomic E-state index is 0.595. The number of nitrogens with one attached hydrogen (secondary N) is 1. The lowest BCUT2D eigenvalue weighted by atomic mass is 9.93. The zero-order valence-electron chi connectivity index (χ0n) is 7.48. The Kier molecular flexibility index (Phi) is 5.70. The van der Waals surface area contributed by atoms with Gasteiger partial charge in [0, 0.05) is 6.54 Å². The third-order valence-electron chi connectivity index (χ3n) is 2.14. The molecule has 0 aliphatic carbocycles. The van der Waals surface area contributed by atoms with Crippen LogP contribution in [0.4, 0.5) is 0 Å². The third kappa shape index (κ3) is 4.80. The summed E-state index contributed by atoms with van der Waals surface area (Å²) in [6, 6.07) is 0. The second-order valence-electron chi connectivity index (χ2n) is 3.39. The van der Waals surface area contributed by atoms with Crippen LogP contribution in [0.1, 0.15) is 40.0 Å². The maximum Gasteiger partial charge on any atom is 0.0102 e. The SMILES string of the molecule is CCC(C)CC(C)CC[NH]. The summed E-state index contributed by atoms with van der Waals surface area (Å²) in [4.78, 5) is 0. The van der Waals surface area contributed by atoms with E-state index >= 15 is 0 Å². The first-order chi connectivity index (χ1) is 4.70. The van der Waals surface area contributed by atoms with Gasteiger partial charge in [0.2, 0.25) is 0 Å². The third-order valence-corrected chi connectivity index (χ3v) is 2.14. The first kappa shape index (κ1) is 9.96. The summed E-state index contributed by atoms with van der Waals surface area (Å²) < 4.78 is 0. The van der Waals surface area contributed by atoms with Gasteiger partial charge in [0.25, 0.3) is 0 Å². The molecule has 2 unspecified atom stereocenters. The summed E-state index contributed by atoms with van der Waals surface area (Å²) in [6.07, 6.45) is 3.65. The number of rotatable bonds is 5. The Morgan fingerprint density at radius 3 is 2.20 bits per heavy atom. The van der Waals surface area contributed by atoms with Crippen LogP contribution in [0.2, 0.25) is 0 Å². The highest BCUT2D eigenvalue weighted by Crippen LogP contribution is 2.16. The lowest BCUT2D eigenvalue weighted by molar-refractivity contribution is 0.390. The van der Waals surface area contributed by atoms with Crippen molar-refractivity contribution in [2.24, 2.45) is 11.8 Å². The Morgan fingerprint density at radius 1 is 1.20 bits per heavy atom. The van der Waals surface area contributed by atoms with E-state index in [1.165, 1.54) is 12.8 Å². The van der Waals surface area contributed by atoms with Crippen LogP contribution in [-0.2, 0) is 0 Å². The Morgan fingerprint density at radius 2 is 1.80 bits per heavy atom. The molecule has 0 saturated carbocycles. The molecular weight excluding hydrogens is 122 g/mol. The molecule has 10 heavy (non-hydrogen) atoms. The summed E-state index contributed by atoms with van der Waals surface area (Å²) in [5, 5.41) is 0. The van der Waals surface area contributed by atoms with E-state index in [9.17, 15) is 0 Å². The van der Waals surface area contributed by atoms with E-state index in [1.807, 2.05) is 0 Å². The summed E-state index contributed by atoms with van der Waals surface area (Å²) in [5.74, 6) is 1.61. The monoisotopic (exact) mass is 142 g/mol. The fourth-order valence-electron chi connectivity index (χ4n) is 1.22. The van der Waals surface area contributed by atoms with Crippen LogP contribution >= 0.6 is 0 Å². The van der Waals surface area contributed by atoms with Gasteiger partial charge in [0.05, 0.1) is 0 Å². The van der Waals surface area contributed by atoms with Crippen molar-refractivity contribution in [1.29, 1.82) is 0 Å². The van der Waals surface area contributed by atoms with E-state index in [2.05, 4.69) is 20.8 Å². The van der Waals surface area contributed by atoms with E-state index in [-0.39, 0.29) is 0 Å². The van der Waals surface area contributed by atoms with Crippen LogP contribution < -0.4 is 5.73 Å². The average Bonchev–Trinajstić information content (AvgIpc) is 1.88.